The lowest BCUT2D eigenvalue weighted by Crippen LogP contribution is -2.41. The molecule has 0 N–H and O–H groups in total. The van der Waals surface area contributed by atoms with E-state index in [0.29, 0.717) is 0 Å². The molecule has 0 aliphatic heterocycles. The highest BCUT2D eigenvalue weighted by molar-refractivity contribution is 5.69. The molecule has 1 rings (SSSR count). The fraction of sp³-hybridized carbons (Fsp3) is 0.706. The van der Waals surface area contributed by atoms with E-state index in [1.165, 1.54) is 6.92 Å². The third kappa shape index (κ3) is 6.87. The van der Waals surface area contributed by atoms with E-state index in [2.05, 4.69) is 0 Å². The van der Waals surface area contributed by atoms with Gasteiger partial charge in [-0.1, -0.05) is 0 Å². The molecule has 1 aliphatic carbocycles. The second kappa shape index (κ2) is 9.89. The van der Waals surface area contributed by atoms with E-state index in [-0.39, 0.29) is 13.0 Å². The first-order valence-electron chi connectivity index (χ1n) is 8.35. The van der Waals surface area contributed by atoms with Gasteiger partial charge in [0.1, 0.15) is 12.2 Å². The van der Waals surface area contributed by atoms with Gasteiger partial charge in [0.25, 0.3) is 0 Å². The maximum Gasteiger partial charge on any atom is 0.303 e. The second-order valence-electron chi connectivity index (χ2n) is 6.09. The van der Waals surface area contributed by atoms with Crippen LogP contribution < -0.4 is 0 Å². The molecule has 10 heteroatoms. The van der Waals surface area contributed by atoms with Crippen molar-refractivity contribution in [3.8, 4) is 0 Å². The Bertz CT molecular complexity index is 557. The van der Waals surface area contributed by atoms with Gasteiger partial charge in [0, 0.05) is 40.5 Å². The van der Waals surface area contributed by atoms with Crippen LogP contribution >= 0.6 is 0 Å². The monoisotopic (exact) mass is 388 g/mol. The fourth-order valence-electron chi connectivity index (χ4n) is 3.06. The van der Waals surface area contributed by atoms with Crippen molar-refractivity contribution in [2.24, 2.45) is 5.92 Å². The van der Waals surface area contributed by atoms with Crippen LogP contribution in [-0.4, -0.2) is 60.9 Å². The Morgan fingerprint density at radius 1 is 0.556 bits per heavy atom. The molecule has 27 heavy (non-hydrogen) atoms. The SMILES string of the molecule is CC(=O)OCCC1[C@@H](OC(C)=O)[C@H](OC(C)=O)[C@H](OC(C)=O)[C@@H]1OC(C)=O. The largest absolute Gasteiger partial charge is 0.466 e. The average molecular weight is 388 g/mol. The summed E-state index contributed by atoms with van der Waals surface area (Å²) in [6.07, 6.45) is -4.36. The van der Waals surface area contributed by atoms with E-state index in [1.54, 1.807) is 0 Å². The van der Waals surface area contributed by atoms with E-state index in [0.717, 1.165) is 27.7 Å². The number of ether oxygens (including phenoxy) is 5. The zero-order valence-electron chi connectivity index (χ0n) is 15.9. The van der Waals surface area contributed by atoms with Crippen LogP contribution in [0.2, 0.25) is 0 Å². The number of esters is 5. The molecule has 1 saturated carbocycles. The van der Waals surface area contributed by atoms with Crippen molar-refractivity contribution in [1.82, 2.24) is 0 Å². The highest BCUT2D eigenvalue weighted by Gasteiger charge is 2.58. The zero-order valence-corrected chi connectivity index (χ0v) is 15.9. The highest BCUT2D eigenvalue weighted by Crippen LogP contribution is 2.38. The predicted molar refractivity (Wildman–Crippen MR) is 87.0 cm³/mol. The van der Waals surface area contributed by atoms with Crippen LogP contribution in [-0.2, 0) is 47.7 Å². The number of rotatable bonds is 7. The molecule has 0 amide bonds. The highest BCUT2D eigenvalue weighted by atomic mass is 16.6. The van der Waals surface area contributed by atoms with E-state index >= 15 is 0 Å². The maximum atomic E-state index is 11.6. The molecule has 0 aromatic carbocycles. The summed E-state index contributed by atoms with van der Waals surface area (Å²) < 4.78 is 25.9. The lowest BCUT2D eigenvalue weighted by molar-refractivity contribution is -0.180. The third-order valence-corrected chi connectivity index (χ3v) is 3.78. The molecule has 0 aromatic rings. The summed E-state index contributed by atoms with van der Waals surface area (Å²) in [4.78, 5) is 57.2. The predicted octanol–water partition coefficient (Wildman–Crippen LogP) is 0.296. The average Bonchev–Trinajstić information content (AvgIpc) is 2.71. The summed E-state index contributed by atoms with van der Waals surface area (Å²) in [7, 11) is 0. The van der Waals surface area contributed by atoms with Crippen molar-refractivity contribution < 1.29 is 47.7 Å². The van der Waals surface area contributed by atoms with E-state index < -0.39 is 60.2 Å². The lowest BCUT2D eigenvalue weighted by Gasteiger charge is -2.24. The van der Waals surface area contributed by atoms with Gasteiger partial charge in [-0.25, -0.2) is 0 Å². The zero-order chi connectivity index (χ0) is 20.7. The third-order valence-electron chi connectivity index (χ3n) is 3.78. The van der Waals surface area contributed by atoms with Crippen LogP contribution in [0.5, 0.6) is 0 Å². The molecular weight excluding hydrogens is 364 g/mol. The van der Waals surface area contributed by atoms with Crippen molar-refractivity contribution in [1.29, 1.82) is 0 Å². The number of carbonyl (C=O) groups is 5. The minimum atomic E-state index is -1.18. The van der Waals surface area contributed by atoms with E-state index in [1.807, 2.05) is 0 Å². The fourth-order valence-corrected chi connectivity index (χ4v) is 3.06. The molecule has 5 atom stereocenters. The summed E-state index contributed by atoms with van der Waals surface area (Å²) in [5.74, 6) is -3.98. The van der Waals surface area contributed by atoms with Crippen molar-refractivity contribution in [3.05, 3.63) is 0 Å². The van der Waals surface area contributed by atoms with Crippen molar-refractivity contribution in [2.75, 3.05) is 6.61 Å². The van der Waals surface area contributed by atoms with Gasteiger partial charge in [-0.2, -0.15) is 0 Å². The van der Waals surface area contributed by atoms with Gasteiger partial charge in [-0.3, -0.25) is 24.0 Å². The number of carbonyl (C=O) groups excluding carboxylic acids is 5. The summed E-state index contributed by atoms with van der Waals surface area (Å²) in [5.41, 5.74) is 0. The Kier molecular flexibility index (Phi) is 8.20. The van der Waals surface area contributed by atoms with Gasteiger partial charge < -0.3 is 23.7 Å². The molecule has 0 bridgehead atoms. The first-order valence-corrected chi connectivity index (χ1v) is 8.35. The molecule has 1 unspecified atom stereocenters. The smallest absolute Gasteiger partial charge is 0.303 e. The van der Waals surface area contributed by atoms with Crippen LogP contribution in [0.3, 0.4) is 0 Å². The molecule has 0 saturated heterocycles. The Balaban J connectivity index is 3.26. The molecular formula is C17H24O10. The molecule has 0 aromatic heterocycles. The maximum absolute atomic E-state index is 11.6. The van der Waals surface area contributed by atoms with Gasteiger partial charge in [-0.15, -0.1) is 0 Å². The first kappa shape index (κ1) is 22.4. The van der Waals surface area contributed by atoms with Crippen LogP contribution in [0.15, 0.2) is 0 Å². The minimum Gasteiger partial charge on any atom is -0.466 e. The van der Waals surface area contributed by atoms with E-state index in [9.17, 15) is 24.0 Å². The Morgan fingerprint density at radius 3 is 1.19 bits per heavy atom. The van der Waals surface area contributed by atoms with Gasteiger partial charge in [0.15, 0.2) is 12.2 Å². The second-order valence-corrected chi connectivity index (χ2v) is 6.09. The molecule has 1 aliphatic rings. The molecule has 0 radical (unpaired) electrons. The summed E-state index contributed by atoms with van der Waals surface area (Å²) in [6, 6.07) is 0. The van der Waals surface area contributed by atoms with Gasteiger partial charge >= 0.3 is 29.8 Å². The van der Waals surface area contributed by atoms with Gasteiger partial charge in [-0.05, 0) is 6.42 Å². The standard InChI is InChI=1S/C17H24O10/c1-8(18)23-7-6-13-14(24-9(2)19)16(26-11(4)21)17(27-12(5)22)15(13)25-10(3)20/h13-17H,6-7H2,1-5H3/t13?,14-,15-,16-,17+/m1/s1. The molecule has 0 spiro atoms. The summed E-state index contributed by atoms with van der Waals surface area (Å²) in [5, 5.41) is 0. The molecule has 10 nitrogen and oxygen atoms in total. The Hall–Kier alpha value is -2.65. The summed E-state index contributed by atoms with van der Waals surface area (Å²) in [6.45, 7) is 5.77. The normalized spacial score (nSPS) is 24.6. The number of hydrogen-bond donors (Lipinski definition) is 0. The van der Waals surface area contributed by atoms with Crippen molar-refractivity contribution in [3.63, 3.8) is 0 Å². The van der Waals surface area contributed by atoms with Crippen molar-refractivity contribution in [2.45, 2.75) is 65.5 Å². The van der Waals surface area contributed by atoms with Crippen LogP contribution in [0, 0.1) is 5.92 Å². The molecule has 0 heterocycles. The topological polar surface area (TPSA) is 132 Å². The van der Waals surface area contributed by atoms with Crippen LogP contribution in [0.4, 0.5) is 0 Å². The van der Waals surface area contributed by atoms with E-state index in [4.69, 9.17) is 23.7 Å². The Morgan fingerprint density at radius 2 is 0.889 bits per heavy atom. The van der Waals surface area contributed by atoms with Crippen LogP contribution in [0.1, 0.15) is 41.0 Å². The Labute approximate surface area is 156 Å². The molecule has 1 fully saturated rings. The summed E-state index contributed by atoms with van der Waals surface area (Å²) >= 11 is 0. The van der Waals surface area contributed by atoms with Gasteiger partial charge in [0.05, 0.1) is 6.61 Å². The van der Waals surface area contributed by atoms with Crippen molar-refractivity contribution >= 4 is 29.8 Å². The quantitative estimate of drug-likeness (QED) is 0.443. The molecule has 152 valence electrons. The lowest BCUT2D eigenvalue weighted by atomic mass is 9.99. The minimum absolute atomic E-state index is 0.0604. The van der Waals surface area contributed by atoms with Gasteiger partial charge in [0.2, 0.25) is 0 Å². The first-order chi connectivity index (χ1) is 12.5. The van der Waals surface area contributed by atoms with Crippen LogP contribution in [0.25, 0.3) is 0 Å². The number of hydrogen-bond acceptors (Lipinski definition) is 10.